The summed E-state index contributed by atoms with van der Waals surface area (Å²) in [6.45, 7) is 6.74. The van der Waals surface area contributed by atoms with Crippen molar-refractivity contribution in [1.82, 2.24) is 13.9 Å². The van der Waals surface area contributed by atoms with Gasteiger partial charge in [-0.3, -0.25) is 14.3 Å². The van der Waals surface area contributed by atoms with Crippen LogP contribution in [0.15, 0.2) is 51.5 Å². The van der Waals surface area contributed by atoms with E-state index in [0.29, 0.717) is 16.1 Å². The van der Waals surface area contributed by atoms with E-state index in [4.69, 9.17) is 11.6 Å². The molecule has 9 heteroatoms. The van der Waals surface area contributed by atoms with E-state index in [9.17, 15) is 9.59 Å². The molecule has 5 nitrogen and oxygen atoms in total. The first-order valence-electron chi connectivity index (χ1n) is 10.6. The van der Waals surface area contributed by atoms with Crippen molar-refractivity contribution in [2.24, 2.45) is 0 Å². The summed E-state index contributed by atoms with van der Waals surface area (Å²) >= 11 is 10.1. The summed E-state index contributed by atoms with van der Waals surface area (Å²) in [6, 6.07) is 8.58. The zero-order chi connectivity index (χ0) is 24.8. The fourth-order valence-corrected chi connectivity index (χ4v) is 5.66. The largest absolute Gasteiger partial charge is 0.333 e. The Morgan fingerprint density at radius 3 is 2.59 bits per heavy atom. The summed E-state index contributed by atoms with van der Waals surface area (Å²) in [5.74, 6) is -0.620. The molecular formula is C25H25ClFN3O2S2. The Balaban J connectivity index is 1.96. The maximum Gasteiger partial charge on any atom is 0.333 e. The molecule has 0 aliphatic rings. The van der Waals surface area contributed by atoms with Crippen LogP contribution >= 0.6 is 34.9 Å². The van der Waals surface area contributed by atoms with Gasteiger partial charge in [0.2, 0.25) is 0 Å². The Morgan fingerprint density at radius 1 is 1.21 bits per heavy atom. The van der Waals surface area contributed by atoms with Crippen molar-refractivity contribution in [3.05, 3.63) is 84.7 Å². The molecule has 0 saturated carbocycles. The standard InChI is InChI=1S/C25H25ClFN3O2S2/c1-25(2,3)17-11-18(30-9-8-20(31)28-24(30)32)23(27)21(22(17)26)14-6-7-16-15(12-29(4)33-5)13-34-19(16)10-14/h6-11,13H,12H2,1-5H3,(H,28,31,32). The highest BCUT2D eigenvalue weighted by atomic mass is 35.5. The smallest absolute Gasteiger partial charge is 0.274 e. The molecule has 4 aromatic rings. The van der Waals surface area contributed by atoms with Crippen molar-refractivity contribution in [2.75, 3.05) is 13.3 Å². The second-order valence-electron chi connectivity index (χ2n) is 9.12. The van der Waals surface area contributed by atoms with Gasteiger partial charge in [0.15, 0.2) is 5.82 Å². The number of hydrogen-bond acceptors (Lipinski definition) is 5. The maximum absolute atomic E-state index is 16.0. The van der Waals surface area contributed by atoms with Crippen LogP contribution in [0.1, 0.15) is 31.9 Å². The molecule has 0 unspecified atom stereocenters. The van der Waals surface area contributed by atoms with Gasteiger partial charge in [0.25, 0.3) is 5.56 Å². The predicted octanol–water partition coefficient (Wildman–Crippen LogP) is 6.21. The minimum atomic E-state index is -0.712. The Hall–Kier alpha value is -2.39. The fourth-order valence-electron chi connectivity index (χ4n) is 3.87. The minimum Gasteiger partial charge on any atom is -0.274 e. The Morgan fingerprint density at radius 2 is 1.94 bits per heavy atom. The fraction of sp³-hybridized carbons (Fsp3) is 0.280. The highest BCUT2D eigenvalue weighted by Gasteiger charge is 2.26. The molecule has 0 amide bonds. The lowest BCUT2D eigenvalue weighted by atomic mass is 9.84. The molecule has 0 spiro atoms. The van der Waals surface area contributed by atoms with E-state index in [1.807, 2.05) is 52.3 Å². The molecule has 2 aromatic carbocycles. The van der Waals surface area contributed by atoms with Crippen molar-refractivity contribution in [3.8, 4) is 16.8 Å². The molecule has 2 heterocycles. The van der Waals surface area contributed by atoms with Crippen LogP contribution < -0.4 is 11.2 Å². The van der Waals surface area contributed by atoms with Crippen molar-refractivity contribution in [1.29, 1.82) is 0 Å². The quantitative estimate of drug-likeness (QED) is 0.320. The third-order valence-electron chi connectivity index (χ3n) is 5.72. The highest BCUT2D eigenvalue weighted by Crippen LogP contribution is 2.42. The van der Waals surface area contributed by atoms with E-state index >= 15 is 4.39 Å². The lowest BCUT2D eigenvalue weighted by Crippen LogP contribution is -2.28. The first-order chi connectivity index (χ1) is 16.0. The molecule has 4 rings (SSSR count). The number of halogens is 2. The molecular weight excluding hydrogens is 493 g/mol. The van der Waals surface area contributed by atoms with Gasteiger partial charge in [0.05, 0.1) is 10.7 Å². The maximum atomic E-state index is 16.0. The van der Waals surface area contributed by atoms with Gasteiger partial charge in [-0.1, -0.05) is 56.5 Å². The average molecular weight is 518 g/mol. The number of hydrogen-bond donors (Lipinski definition) is 1. The van der Waals surface area contributed by atoms with Gasteiger partial charge in [-0.05, 0) is 58.3 Å². The zero-order valence-electron chi connectivity index (χ0n) is 19.5. The van der Waals surface area contributed by atoms with Crippen LogP contribution in [0.4, 0.5) is 4.39 Å². The molecule has 0 saturated heterocycles. The first kappa shape index (κ1) is 24.7. The monoisotopic (exact) mass is 517 g/mol. The lowest BCUT2D eigenvalue weighted by Gasteiger charge is -2.25. The predicted molar refractivity (Wildman–Crippen MR) is 142 cm³/mol. The summed E-state index contributed by atoms with van der Waals surface area (Å²) in [6.07, 6.45) is 3.31. The number of fused-ring (bicyclic) bond motifs is 1. The Labute approximate surface area is 210 Å². The van der Waals surface area contributed by atoms with Gasteiger partial charge in [0, 0.05) is 29.1 Å². The highest BCUT2D eigenvalue weighted by molar-refractivity contribution is 7.96. The van der Waals surface area contributed by atoms with E-state index in [2.05, 4.69) is 14.7 Å². The van der Waals surface area contributed by atoms with Crippen LogP contribution in [0, 0.1) is 5.82 Å². The van der Waals surface area contributed by atoms with Gasteiger partial charge in [0.1, 0.15) is 0 Å². The third kappa shape index (κ3) is 4.60. The van der Waals surface area contributed by atoms with Crippen molar-refractivity contribution < 1.29 is 4.39 Å². The van der Waals surface area contributed by atoms with Crippen LogP contribution in [0.25, 0.3) is 26.9 Å². The first-order valence-corrected chi connectivity index (χ1v) is 13.1. The van der Waals surface area contributed by atoms with E-state index < -0.39 is 22.5 Å². The molecule has 0 fully saturated rings. The minimum absolute atomic E-state index is 0.0409. The summed E-state index contributed by atoms with van der Waals surface area (Å²) in [7, 11) is 2.04. The van der Waals surface area contributed by atoms with E-state index in [1.165, 1.54) is 17.8 Å². The zero-order valence-corrected chi connectivity index (χ0v) is 21.9. The third-order valence-corrected chi connectivity index (χ3v) is 7.86. The van der Waals surface area contributed by atoms with Gasteiger partial charge in [-0.2, -0.15) is 0 Å². The SMILES string of the molecule is CSN(C)Cc1csc2cc(-c3c(F)c(-n4ccc(=O)[nH]c4=O)cc(C(C)(C)C)c3Cl)ccc12. The number of nitrogens with one attached hydrogen (secondary N) is 1. The van der Waals surface area contributed by atoms with Crippen molar-refractivity contribution in [3.63, 3.8) is 0 Å². The molecule has 0 radical (unpaired) electrons. The van der Waals surface area contributed by atoms with E-state index in [1.54, 1.807) is 29.4 Å². The normalized spacial score (nSPS) is 12.1. The summed E-state index contributed by atoms with van der Waals surface area (Å²) in [5.41, 5.74) is 1.15. The Bertz CT molecular complexity index is 1500. The van der Waals surface area contributed by atoms with Gasteiger partial charge in [-0.25, -0.2) is 13.5 Å². The molecule has 0 aliphatic heterocycles. The molecule has 1 N–H and O–H groups in total. The van der Waals surface area contributed by atoms with Gasteiger partial charge < -0.3 is 0 Å². The topological polar surface area (TPSA) is 58.1 Å². The van der Waals surface area contributed by atoms with E-state index in [0.717, 1.165) is 21.2 Å². The van der Waals surface area contributed by atoms with Crippen LogP contribution in [0.5, 0.6) is 0 Å². The van der Waals surface area contributed by atoms with Crippen molar-refractivity contribution >= 4 is 45.0 Å². The number of rotatable bonds is 5. The average Bonchev–Trinajstić information content (AvgIpc) is 3.15. The van der Waals surface area contributed by atoms with Crippen molar-refractivity contribution in [2.45, 2.75) is 32.7 Å². The lowest BCUT2D eigenvalue weighted by molar-refractivity contribution is 0.570. The molecule has 0 atom stereocenters. The van der Waals surface area contributed by atoms with Crippen LogP contribution in [-0.4, -0.2) is 27.2 Å². The number of aromatic amines is 1. The molecule has 34 heavy (non-hydrogen) atoms. The van der Waals surface area contributed by atoms with Gasteiger partial charge >= 0.3 is 5.69 Å². The molecule has 0 bridgehead atoms. The molecule has 2 aromatic heterocycles. The van der Waals surface area contributed by atoms with Crippen LogP contribution in [-0.2, 0) is 12.0 Å². The molecule has 0 aliphatic carbocycles. The van der Waals surface area contributed by atoms with Gasteiger partial charge in [-0.15, -0.1) is 11.3 Å². The Kier molecular flexibility index (Phi) is 6.79. The second-order valence-corrected chi connectivity index (χ2v) is 11.4. The summed E-state index contributed by atoms with van der Waals surface area (Å²) < 4.78 is 20.3. The number of H-pyrrole nitrogens is 1. The number of benzene rings is 2. The van der Waals surface area contributed by atoms with E-state index in [-0.39, 0.29) is 11.3 Å². The summed E-state index contributed by atoms with van der Waals surface area (Å²) in [4.78, 5) is 26.2. The molecule has 178 valence electrons. The summed E-state index contributed by atoms with van der Waals surface area (Å²) in [5, 5.41) is 3.55. The number of thiophene rings is 1. The van der Waals surface area contributed by atoms with Crippen LogP contribution in [0.2, 0.25) is 5.02 Å². The number of nitrogens with zero attached hydrogens (tertiary/aromatic N) is 2. The second kappa shape index (κ2) is 9.34. The number of aromatic nitrogens is 2. The van der Waals surface area contributed by atoms with Crippen LogP contribution in [0.3, 0.4) is 0 Å².